The van der Waals surface area contributed by atoms with Crippen molar-refractivity contribution in [3.8, 4) is 5.75 Å². The second-order valence-corrected chi connectivity index (χ2v) is 5.74. The lowest BCUT2D eigenvalue weighted by Gasteiger charge is -2.25. The van der Waals surface area contributed by atoms with Crippen LogP contribution in [-0.4, -0.2) is 35.1 Å². The Morgan fingerprint density at radius 3 is 2.88 bits per heavy atom. The molecule has 26 heavy (non-hydrogen) atoms. The average molecular weight is 359 g/mol. The van der Waals surface area contributed by atoms with Crippen molar-refractivity contribution >= 4 is 29.3 Å². The third-order valence-electron chi connectivity index (χ3n) is 3.62. The maximum Gasteiger partial charge on any atom is 0.310 e. The number of aromatic nitrogens is 1. The summed E-state index contributed by atoms with van der Waals surface area (Å²) in [4.78, 5) is 36.1. The molecule has 0 bridgehead atoms. The molecule has 0 fully saturated rings. The highest BCUT2D eigenvalue weighted by Crippen LogP contribution is 2.29. The molecule has 1 aliphatic rings. The van der Waals surface area contributed by atoms with Crippen LogP contribution in [0.4, 0.5) is 11.5 Å². The number of rotatable bonds is 5. The van der Waals surface area contributed by atoms with E-state index in [1.165, 1.54) is 13.0 Å². The smallest absolute Gasteiger partial charge is 0.310 e. The number of benzene rings is 1. The molecular formula is C17H17N3O6. The number of para-hydroxylation sites is 2. The third-order valence-corrected chi connectivity index (χ3v) is 3.62. The largest absolute Gasteiger partial charge is 0.478 e. The van der Waals surface area contributed by atoms with E-state index in [2.05, 4.69) is 15.8 Å². The van der Waals surface area contributed by atoms with Gasteiger partial charge in [0.1, 0.15) is 11.5 Å². The van der Waals surface area contributed by atoms with E-state index >= 15 is 0 Å². The van der Waals surface area contributed by atoms with Gasteiger partial charge in [0.15, 0.2) is 18.0 Å². The van der Waals surface area contributed by atoms with Crippen molar-refractivity contribution in [3.05, 3.63) is 36.1 Å². The topological polar surface area (TPSA) is 120 Å². The van der Waals surface area contributed by atoms with Crippen molar-refractivity contribution in [2.45, 2.75) is 32.5 Å². The summed E-state index contributed by atoms with van der Waals surface area (Å²) in [6.07, 6.45) is -2.41. The Morgan fingerprint density at radius 2 is 2.15 bits per heavy atom. The van der Waals surface area contributed by atoms with Gasteiger partial charge in [0.25, 0.3) is 11.8 Å². The minimum Gasteiger partial charge on any atom is -0.478 e. The molecule has 0 unspecified atom stereocenters. The molecular weight excluding hydrogens is 342 g/mol. The summed E-state index contributed by atoms with van der Waals surface area (Å²) in [5.41, 5.74) is 0.540. The van der Waals surface area contributed by atoms with Crippen LogP contribution in [0.1, 0.15) is 19.1 Å². The number of carbonyl (C=O) groups is 3. The molecule has 0 aliphatic carbocycles. The lowest BCUT2D eigenvalue weighted by molar-refractivity contribution is -0.155. The van der Waals surface area contributed by atoms with Gasteiger partial charge >= 0.3 is 5.97 Å². The highest BCUT2D eigenvalue weighted by Gasteiger charge is 2.31. The second kappa shape index (κ2) is 7.26. The number of nitrogens with zero attached hydrogens (tertiary/aromatic N) is 1. The molecule has 2 aromatic rings. The molecule has 0 spiro atoms. The van der Waals surface area contributed by atoms with Crippen molar-refractivity contribution in [1.82, 2.24) is 5.16 Å². The van der Waals surface area contributed by atoms with Crippen LogP contribution in [0, 0.1) is 6.92 Å². The normalized spacial score (nSPS) is 16.7. The summed E-state index contributed by atoms with van der Waals surface area (Å²) in [5, 5.41) is 8.74. The lowest BCUT2D eigenvalue weighted by atomic mass is 10.1. The number of aryl methyl sites for hydroxylation is 1. The molecule has 2 amide bonds. The Labute approximate surface area is 148 Å². The Bertz CT molecular complexity index is 847. The van der Waals surface area contributed by atoms with E-state index in [1.54, 1.807) is 31.2 Å². The van der Waals surface area contributed by atoms with Gasteiger partial charge in [0.2, 0.25) is 0 Å². The summed E-state index contributed by atoms with van der Waals surface area (Å²) in [6.45, 7) is 3.09. The molecule has 9 heteroatoms. The van der Waals surface area contributed by atoms with Gasteiger partial charge < -0.3 is 24.6 Å². The average Bonchev–Trinajstić information content (AvgIpc) is 3.00. The zero-order valence-electron chi connectivity index (χ0n) is 14.1. The molecule has 136 valence electrons. The Balaban J connectivity index is 1.53. The quantitative estimate of drug-likeness (QED) is 0.779. The summed E-state index contributed by atoms with van der Waals surface area (Å²) < 4.78 is 15.4. The van der Waals surface area contributed by atoms with E-state index in [0.717, 1.165) is 0 Å². The van der Waals surface area contributed by atoms with Crippen molar-refractivity contribution < 1.29 is 28.4 Å². The number of esters is 1. The fourth-order valence-corrected chi connectivity index (χ4v) is 2.33. The minimum absolute atomic E-state index is 0.224. The van der Waals surface area contributed by atoms with Gasteiger partial charge in [0, 0.05) is 6.07 Å². The number of hydrogen-bond donors (Lipinski definition) is 2. The van der Waals surface area contributed by atoms with Gasteiger partial charge in [-0.25, -0.2) is 0 Å². The zero-order valence-corrected chi connectivity index (χ0v) is 14.1. The SMILES string of the molecule is Cc1cc(NC(=O)[C@H](C)OC(=O)C[C@H]2Oc3ccccc3NC2=O)no1. The van der Waals surface area contributed by atoms with E-state index in [9.17, 15) is 14.4 Å². The number of carbonyl (C=O) groups excluding carboxylic acids is 3. The predicted octanol–water partition coefficient (Wildman–Crippen LogP) is 1.64. The van der Waals surface area contributed by atoms with Crippen LogP contribution in [0.5, 0.6) is 5.75 Å². The molecule has 2 heterocycles. The van der Waals surface area contributed by atoms with Crippen LogP contribution in [0.25, 0.3) is 0 Å². The lowest BCUT2D eigenvalue weighted by Crippen LogP contribution is -2.40. The molecule has 0 radical (unpaired) electrons. The molecule has 0 saturated heterocycles. The van der Waals surface area contributed by atoms with E-state index in [1.807, 2.05) is 0 Å². The van der Waals surface area contributed by atoms with Gasteiger partial charge in [-0.05, 0) is 26.0 Å². The summed E-state index contributed by atoms with van der Waals surface area (Å²) >= 11 is 0. The van der Waals surface area contributed by atoms with Crippen LogP contribution in [0.15, 0.2) is 34.9 Å². The number of anilines is 2. The van der Waals surface area contributed by atoms with E-state index in [0.29, 0.717) is 17.2 Å². The van der Waals surface area contributed by atoms with Crippen molar-refractivity contribution in [3.63, 3.8) is 0 Å². The maximum absolute atomic E-state index is 12.0. The van der Waals surface area contributed by atoms with Crippen molar-refractivity contribution in [2.75, 3.05) is 10.6 Å². The van der Waals surface area contributed by atoms with Gasteiger partial charge in [-0.3, -0.25) is 14.4 Å². The first kappa shape index (κ1) is 17.5. The fraction of sp³-hybridized carbons (Fsp3) is 0.294. The molecule has 2 N–H and O–H groups in total. The van der Waals surface area contributed by atoms with E-state index in [-0.39, 0.29) is 12.2 Å². The number of nitrogens with one attached hydrogen (secondary N) is 2. The minimum atomic E-state index is -1.07. The van der Waals surface area contributed by atoms with E-state index < -0.39 is 30.0 Å². The Morgan fingerprint density at radius 1 is 1.38 bits per heavy atom. The van der Waals surface area contributed by atoms with Crippen LogP contribution in [-0.2, 0) is 19.1 Å². The van der Waals surface area contributed by atoms with E-state index in [4.69, 9.17) is 14.0 Å². The summed E-state index contributed by atoms with van der Waals surface area (Å²) in [7, 11) is 0. The van der Waals surface area contributed by atoms with Crippen LogP contribution >= 0.6 is 0 Å². The fourth-order valence-electron chi connectivity index (χ4n) is 2.33. The molecule has 3 rings (SSSR count). The Kier molecular flexibility index (Phi) is 4.87. The number of fused-ring (bicyclic) bond motifs is 1. The van der Waals surface area contributed by atoms with Crippen LogP contribution in [0.2, 0.25) is 0 Å². The van der Waals surface area contributed by atoms with Crippen molar-refractivity contribution in [2.24, 2.45) is 0 Å². The van der Waals surface area contributed by atoms with Crippen molar-refractivity contribution in [1.29, 1.82) is 0 Å². The number of hydrogen-bond acceptors (Lipinski definition) is 7. The molecule has 2 atom stereocenters. The molecule has 1 aliphatic heterocycles. The maximum atomic E-state index is 12.0. The third kappa shape index (κ3) is 4.00. The van der Waals surface area contributed by atoms with Gasteiger partial charge in [-0.2, -0.15) is 0 Å². The second-order valence-electron chi connectivity index (χ2n) is 5.74. The Hall–Kier alpha value is -3.36. The predicted molar refractivity (Wildman–Crippen MR) is 89.5 cm³/mol. The number of ether oxygens (including phenoxy) is 2. The van der Waals surface area contributed by atoms with Gasteiger partial charge in [-0.1, -0.05) is 17.3 Å². The monoisotopic (exact) mass is 359 g/mol. The summed E-state index contributed by atoms with van der Waals surface area (Å²) in [6, 6.07) is 8.42. The summed E-state index contributed by atoms with van der Waals surface area (Å²) in [5.74, 6) is -0.518. The zero-order chi connectivity index (χ0) is 18.7. The van der Waals surface area contributed by atoms with Crippen LogP contribution in [0.3, 0.4) is 0 Å². The first-order chi connectivity index (χ1) is 12.4. The highest BCUT2D eigenvalue weighted by molar-refractivity contribution is 6.00. The molecule has 9 nitrogen and oxygen atoms in total. The first-order valence-corrected chi connectivity index (χ1v) is 7.92. The highest BCUT2D eigenvalue weighted by atomic mass is 16.6. The van der Waals surface area contributed by atoms with Gasteiger partial charge in [0.05, 0.1) is 12.1 Å². The number of amides is 2. The first-order valence-electron chi connectivity index (χ1n) is 7.92. The standard InChI is InChI=1S/C17H17N3O6/c1-9-7-14(20-26-9)19-16(22)10(2)24-15(21)8-13-17(23)18-11-5-3-4-6-12(11)25-13/h3-7,10,13H,8H2,1-2H3,(H,18,23)(H,19,20,22)/t10-,13+/m0/s1. The molecule has 1 aromatic carbocycles. The van der Waals surface area contributed by atoms with Gasteiger partial charge in [-0.15, -0.1) is 0 Å². The van der Waals surface area contributed by atoms with Crippen LogP contribution < -0.4 is 15.4 Å². The molecule has 0 saturated carbocycles. The molecule has 1 aromatic heterocycles.